The lowest BCUT2D eigenvalue weighted by Gasteiger charge is -2.06. The molecule has 0 radical (unpaired) electrons. The number of amides is 1. The molecular formula is C25H22N2O4. The number of nitrogens with one attached hydrogen (secondary N) is 1. The summed E-state index contributed by atoms with van der Waals surface area (Å²) in [6.45, 7) is 2.56. The first-order chi connectivity index (χ1) is 15.1. The Bertz CT molecular complexity index is 1210. The van der Waals surface area contributed by atoms with Gasteiger partial charge in [-0.25, -0.2) is 5.43 Å². The van der Waals surface area contributed by atoms with Crippen LogP contribution < -0.4 is 14.9 Å². The van der Waals surface area contributed by atoms with Crippen LogP contribution in [-0.2, 0) is 6.61 Å². The van der Waals surface area contributed by atoms with Crippen LogP contribution in [0, 0.1) is 6.92 Å². The molecule has 0 aliphatic heterocycles. The number of hydrogen-bond acceptors (Lipinski definition) is 5. The summed E-state index contributed by atoms with van der Waals surface area (Å²) in [6.07, 6.45) is 1.56. The molecular weight excluding hydrogens is 392 g/mol. The van der Waals surface area contributed by atoms with Gasteiger partial charge in [-0.1, -0.05) is 42.0 Å². The van der Waals surface area contributed by atoms with E-state index in [0.29, 0.717) is 17.9 Å². The molecule has 31 heavy (non-hydrogen) atoms. The third kappa shape index (κ3) is 4.93. The Morgan fingerprint density at radius 3 is 2.58 bits per heavy atom. The molecule has 0 spiro atoms. The highest BCUT2D eigenvalue weighted by Crippen LogP contribution is 2.28. The number of furan rings is 1. The van der Waals surface area contributed by atoms with E-state index in [0.717, 1.165) is 22.3 Å². The first-order valence-electron chi connectivity index (χ1n) is 9.81. The van der Waals surface area contributed by atoms with E-state index in [9.17, 15) is 4.79 Å². The molecule has 1 N–H and O–H groups in total. The fourth-order valence-corrected chi connectivity index (χ4v) is 3.03. The van der Waals surface area contributed by atoms with Crippen LogP contribution in [0.5, 0.6) is 11.5 Å². The second kappa shape index (κ2) is 9.17. The molecule has 0 unspecified atom stereocenters. The van der Waals surface area contributed by atoms with E-state index in [1.54, 1.807) is 25.5 Å². The highest BCUT2D eigenvalue weighted by atomic mass is 16.5. The van der Waals surface area contributed by atoms with Crippen molar-refractivity contribution in [1.29, 1.82) is 0 Å². The third-order valence-electron chi connectivity index (χ3n) is 4.74. The summed E-state index contributed by atoms with van der Waals surface area (Å²) in [5.41, 5.74) is 6.17. The van der Waals surface area contributed by atoms with Gasteiger partial charge in [0.1, 0.15) is 12.4 Å². The number of ether oxygens (including phenoxy) is 2. The minimum atomic E-state index is -0.437. The summed E-state index contributed by atoms with van der Waals surface area (Å²) in [6, 6.07) is 22.8. The van der Waals surface area contributed by atoms with Crippen LogP contribution in [0.15, 0.2) is 82.3 Å². The van der Waals surface area contributed by atoms with E-state index < -0.39 is 5.91 Å². The highest BCUT2D eigenvalue weighted by Gasteiger charge is 2.14. The van der Waals surface area contributed by atoms with Crippen molar-refractivity contribution in [1.82, 2.24) is 5.43 Å². The number of benzene rings is 3. The molecule has 0 aliphatic rings. The maximum absolute atomic E-state index is 12.3. The van der Waals surface area contributed by atoms with Gasteiger partial charge < -0.3 is 13.9 Å². The van der Waals surface area contributed by atoms with Crippen molar-refractivity contribution in [3.63, 3.8) is 0 Å². The predicted octanol–water partition coefficient (Wildman–Crippen LogP) is 5.09. The molecule has 0 saturated carbocycles. The minimum Gasteiger partial charge on any atom is -0.493 e. The topological polar surface area (TPSA) is 73.1 Å². The molecule has 4 rings (SSSR count). The van der Waals surface area contributed by atoms with E-state index in [4.69, 9.17) is 13.9 Å². The molecule has 0 fully saturated rings. The molecule has 1 heterocycles. The molecule has 1 aromatic heterocycles. The lowest BCUT2D eigenvalue weighted by atomic mass is 10.2. The number of para-hydroxylation sites is 1. The van der Waals surface area contributed by atoms with Crippen molar-refractivity contribution in [3.8, 4) is 11.5 Å². The molecule has 156 valence electrons. The number of fused-ring (bicyclic) bond motifs is 1. The number of methoxy groups -OCH3 is 1. The van der Waals surface area contributed by atoms with Crippen LogP contribution in [0.25, 0.3) is 11.0 Å². The lowest BCUT2D eigenvalue weighted by molar-refractivity contribution is 0.0929. The van der Waals surface area contributed by atoms with Crippen LogP contribution >= 0.6 is 0 Å². The van der Waals surface area contributed by atoms with E-state index in [1.807, 2.05) is 36.4 Å². The van der Waals surface area contributed by atoms with Gasteiger partial charge in [0.25, 0.3) is 0 Å². The Labute approximate surface area is 180 Å². The molecule has 0 aliphatic carbocycles. The van der Waals surface area contributed by atoms with Crippen molar-refractivity contribution in [3.05, 3.63) is 95.2 Å². The molecule has 4 aromatic rings. The van der Waals surface area contributed by atoms with Crippen molar-refractivity contribution in [2.24, 2.45) is 5.10 Å². The standard InChI is InChI=1S/C25H22N2O4/c1-17-6-8-19(9-7-17)16-30-21-12-10-18(11-13-21)15-26-27-25(28)23-14-20-4-3-5-22(29-2)24(20)31-23/h3-15H,16H2,1-2H3,(H,27,28)/b26-15-. The van der Waals surface area contributed by atoms with Crippen molar-refractivity contribution < 1.29 is 18.7 Å². The Hall–Kier alpha value is -4.06. The van der Waals surface area contributed by atoms with Crippen LogP contribution in [0.2, 0.25) is 0 Å². The quantitative estimate of drug-likeness (QED) is 0.338. The molecule has 6 heteroatoms. The normalized spacial score (nSPS) is 11.0. The average Bonchev–Trinajstić information content (AvgIpc) is 3.24. The Balaban J connectivity index is 1.33. The zero-order valence-corrected chi connectivity index (χ0v) is 17.3. The minimum absolute atomic E-state index is 0.163. The number of rotatable bonds is 7. The highest BCUT2D eigenvalue weighted by molar-refractivity contribution is 5.97. The zero-order chi connectivity index (χ0) is 21.6. The zero-order valence-electron chi connectivity index (χ0n) is 17.3. The number of hydrogen-bond donors (Lipinski definition) is 1. The molecule has 0 atom stereocenters. The Kier molecular flexibility index (Phi) is 5.98. The second-order valence-corrected chi connectivity index (χ2v) is 7.03. The smallest absolute Gasteiger partial charge is 0.307 e. The lowest BCUT2D eigenvalue weighted by Crippen LogP contribution is -2.16. The maximum atomic E-state index is 12.3. The van der Waals surface area contributed by atoms with Gasteiger partial charge in [0.2, 0.25) is 0 Å². The molecule has 3 aromatic carbocycles. The number of aryl methyl sites for hydroxylation is 1. The van der Waals surface area contributed by atoms with Crippen molar-refractivity contribution in [2.75, 3.05) is 7.11 Å². The number of carbonyl (C=O) groups excluding carboxylic acids is 1. The summed E-state index contributed by atoms with van der Waals surface area (Å²) in [4.78, 5) is 12.3. The fraction of sp³-hybridized carbons (Fsp3) is 0.120. The average molecular weight is 414 g/mol. The number of carbonyl (C=O) groups is 1. The first-order valence-corrected chi connectivity index (χ1v) is 9.81. The van der Waals surface area contributed by atoms with Crippen LogP contribution in [0.4, 0.5) is 0 Å². The van der Waals surface area contributed by atoms with E-state index >= 15 is 0 Å². The van der Waals surface area contributed by atoms with E-state index in [-0.39, 0.29) is 5.76 Å². The molecule has 0 saturated heterocycles. The second-order valence-electron chi connectivity index (χ2n) is 7.03. The van der Waals surface area contributed by atoms with E-state index in [1.165, 1.54) is 5.56 Å². The molecule has 6 nitrogen and oxygen atoms in total. The Morgan fingerprint density at radius 1 is 1.06 bits per heavy atom. The predicted molar refractivity (Wildman–Crippen MR) is 120 cm³/mol. The van der Waals surface area contributed by atoms with Crippen molar-refractivity contribution in [2.45, 2.75) is 13.5 Å². The van der Waals surface area contributed by atoms with Gasteiger partial charge in [-0.3, -0.25) is 4.79 Å². The summed E-state index contributed by atoms with van der Waals surface area (Å²) >= 11 is 0. The van der Waals surface area contributed by atoms with Gasteiger partial charge in [0.05, 0.1) is 13.3 Å². The summed E-state index contributed by atoms with van der Waals surface area (Å²) in [7, 11) is 1.56. The van der Waals surface area contributed by atoms with Crippen LogP contribution in [0.3, 0.4) is 0 Å². The Morgan fingerprint density at radius 2 is 1.84 bits per heavy atom. The van der Waals surface area contributed by atoms with Gasteiger partial charge in [-0.15, -0.1) is 0 Å². The summed E-state index contributed by atoms with van der Waals surface area (Å²) < 4.78 is 16.7. The summed E-state index contributed by atoms with van der Waals surface area (Å²) in [5.74, 6) is 1.06. The third-order valence-corrected chi connectivity index (χ3v) is 4.74. The molecule has 1 amide bonds. The van der Waals surface area contributed by atoms with Gasteiger partial charge >= 0.3 is 5.91 Å². The summed E-state index contributed by atoms with van der Waals surface area (Å²) in [5, 5.41) is 4.79. The van der Waals surface area contributed by atoms with E-state index in [2.05, 4.69) is 41.7 Å². The first kappa shape index (κ1) is 20.2. The van der Waals surface area contributed by atoms with Crippen LogP contribution in [-0.4, -0.2) is 19.2 Å². The number of hydrazone groups is 1. The largest absolute Gasteiger partial charge is 0.493 e. The van der Waals surface area contributed by atoms with Gasteiger partial charge in [0, 0.05) is 5.39 Å². The van der Waals surface area contributed by atoms with Gasteiger partial charge in [-0.05, 0) is 54.4 Å². The van der Waals surface area contributed by atoms with Crippen molar-refractivity contribution >= 4 is 23.1 Å². The van der Waals surface area contributed by atoms with Gasteiger partial charge in [-0.2, -0.15) is 5.10 Å². The maximum Gasteiger partial charge on any atom is 0.307 e. The monoisotopic (exact) mass is 414 g/mol. The fourth-order valence-electron chi connectivity index (χ4n) is 3.03. The molecule has 0 bridgehead atoms. The van der Waals surface area contributed by atoms with Gasteiger partial charge in [0.15, 0.2) is 17.1 Å². The van der Waals surface area contributed by atoms with Crippen LogP contribution in [0.1, 0.15) is 27.2 Å². The SMILES string of the molecule is COc1cccc2cc(C(=O)N/N=C\c3ccc(OCc4ccc(C)cc4)cc3)oc12. The number of nitrogens with zero attached hydrogens (tertiary/aromatic N) is 1.